The van der Waals surface area contributed by atoms with Crippen molar-refractivity contribution in [3.63, 3.8) is 0 Å². The fraction of sp³-hybridized carbons (Fsp3) is 0.407. The quantitative estimate of drug-likeness (QED) is 0.454. The van der Waals surface area contributed by atoms with Gasteiger partial charge in [0.05, 0.1) is 19.1 Å². The number of hydrogen-bond donors (Lipinski definition) is 2. The van der Waals surface area contributed by atoms with Crippen LogP contribution < -0.4 is 14.8 Å². The third-order valence-corrected chi connectivity index (χ3v) is 7.85. The molecular formula is C27H33N7O4S. The number of carbonyl (C=O) groups excluding carboxylic acids is 1. The van der Waals surface area contributed by atoms with Gasteiger partial charge in [-0.25, -0.2) is 23.4 Å². The Labute approximate surface area is 228 Å². The number of anilines is 3. The molecule has 2 atom stereocenters. The summed E-state index contributed by atoms with van der Waals surface area (Å²) in [5.74, 6) is 1.37. The maximum atomic E-state index is 13.3. The van der Waals surface area contributed by atoms with Gasteiger partial charge in [0, 0.05) is 67.0 Å². The molecule has 2 N–H and O–H groups in total. The molecule has 2 aromatic heterocycles. The van der Waals surface area contributed by atoms with Gasteiger partial charge >= 0.3 is 0 Å². The molecule has 5 rings (SSSR count). The summed E-state index contributed by atoms with van der Waals surface area (Å²) >= 11 is 0. The number of aryl methyl sites for hydroxylation is 1. The van der Waals surface area contributed by atoms with Crippen LogP contribution in [0, 0.1) is 6.92 Å². The molecule has 0 bridgehead atoms. The predicted molar refractivity (Wildman–Crippen MR) is 149 cm³/mol. The Morgan fingerprint density at radius 1 is 1.15 bits per heavy atom. The molecule has 1 saturated heterocycles. The second kappa shape index (κ2) is 10.8. The second-order valence-electron chi connectivity index (χ2n) is 10.2. The van der Waals surface area contributed by atoms with E-state index >= 15 is 0 Å². The number of pyridine rings is 1. The van der Waals surface area contributed by atoms with Gasteiger partial charge in [-0.3, -0.25) is 14.4 Å². The summed E-state index contributed by atoms with van der Waals surface area (Å²) in [7, 11) is -1.82. The normalized spacial score (nSPS) is 19.4. The standard InChI is InChI=1S/C27H33N7O4S/c1-17-5-6-21(13-24(17)38-3)30-27-29-14-20-15-33(16-23(20)31-27)22-8-10-34(18(2)11-22)26(35)19-7-9-28-25(12-19)32-39(4,36)37/h5-7,9,12-14,18,22H,8,10-11,15-16H2,1-4H3,(H,28,32)(H,29,30,31)/t18-,22+/m1/s1. The predicted octanol–water partition coefficient (Wildman–Crippen LogP) is 3.31. The number of nitrogens with zero attached hydrogens (tertiary/aromatic N) is 5. The Morgan fingerprint density at radius 3 is 2.72 bits per heavy atom. The van der Waals surface area contributed by atoms with Crippen molar-refractivity contribution in [2.75, 3.05) is 29.9 Å². The lowest BCUT2D eigenvalue weighted by atomic mass is 9.96. The summed E-state index contributed by atoms with van der Waals surface area (Å²) in [5, 5.41) is 3.28. The second-order valence-corrected chi connectivity index (χ2v) is 12.0. The van der Waals surface area contributed by atoms with Crippen LogP contribution in [0.2, 0.25) is 0 Å². The highest BCUT2D eigenvalue weighted by Gasteiger charge is 2.35. The molecule has 0 saturated carbocycles. The molecular weight excluding hydrogens is 518 g/mol. The van der Waals surface area contributed by atoms with Crippen molar-refractivity contribution in [3.8, 4) is 5.75 Å². The van der Waals surface area contributed by atoms with Crippen LogP contribution in [-0.4, -0.2) is 71.1 Å². The summed E-state index contributed by atoms with van der Waals surface area (Å²) in [6.45, 7) is 6.19. The van der Waals surface area contributed by atoms with E-state index in [1.807, 2.05) is 36.2 Å². The smallest absolute Gasteiger partial charge is 0.254 e. The molecule has 1 amide bonds. The van der Waals surface area contributed by atoms with Crippen LogP contribution in [0.25, 0.3) is 0 Å². The third-order valence-electron chi connectivity index (χ3n) is 7.27. The van der Waals surface area contributed by atoms with Crippen molar-refractivity contribution < 1.29 is 17.9 Å². The average molecular weight is 552 g/mol. The van der Waals surface area contributed by atoms with Crippen LogP contribution >= 0.6 is 0 Å². The zero-order valence-electron chi connectivity index (χ0n) is 22.5. The summed E-state index contributed by atoms with van der Waals surface area (Å²) in [5.41, 5.74) is 4.48. The number of ether oxygens (including phenoxy) is 1. The van der Waals surface area contributed by atoms with Crippen molar-refractivity contribution in [1.29, 1.82) is 0 Å². The molecule has 0 radical (unpaired) electrons. The van der Waals surface area contributed by atoms with E-state index in [0.717, 1.165) is 60.4 Å². The van der Waals surface area contributed by atoms with Crippen LogP contribution in [0.5, 0.6) is 5.75 Å². The summed E-state index contributed by atoms with van der Waals surface area (Å²) < 4.78 is 30.8. The molecule has 3 aromatic rings. The molecule has 2 aliphatic rings. The number of carbonyl (C=O) groups is 1. The molecule has 4 heterocycles. The fourth-order valence-electron chi connectivity index (χ4n) is 5.28. The highest BCUT2D eigenvalue weighted by Crippen LogP contribution is 2.31. The van der Waals surface area contributed by atoms with Gasteiger partial charge in [-0.15, -0.1) is 0 Å². The highest BCUT2D eigenvalue weighted by atomic mass is 32.2. The minimum absolute atomic E-state index is 0.0271. The lowest BCUT2D eigenvalue weighted by Gasteiger charge is -2.41. The molecule has 12 heteroatoms. The maximum absolute atomic E-state index is 13.3. The molecule has 1 aromatic carbocycles. The van der Waals surface area contributed by atoms with E-state index in [1.54, 1.807) is 13.2 Å². The number of sulfonamides is 1. The van der Waals surface area contributed by atoms with E-state index in [-0.39, 0.29) is 17.8 Å². The van der Waals surface area contributed by atoms with Crippen molar-refractivity contribution in [2.24, 2.45) is 0 Å². The SMILES string of the molecule is COc1cc(Nc2ncc3c(n2)CN([C@H]2CCN(C(=O)c4ccnc(NS(C)(=O)=O)c4)[C@H](C)C2)C3)ccc1C. The van der Waals surface area contributed by atoms with Crippen LogP contribution in [-0.2, 0) is 23.1 Å². The molecule has 0 aliphatic carbocycles. The lowest BCUT2D eigenvalue weighted by Crippen LogP contribution is -2.50. The number of fused-ring (bicyclic) bond motifs is 1. The zero-order valence-corrected chi connectivity index (χ0v) is 23.3. The first kappa shape index (κ1) is 26.8. The number of piperidine rings is 1. The van der Waals surface area contributed by atoms with Crippen molar-refractivity contribution >= 4 is 33.4 Å². The van der Waals surface area contributed by atoms with E-state index in [2.05, 4.69) is 31.8 Å². The topological polar surface area (TPSA) is 130 Å². The first-order chi connectivity index (χ1) is 18.6. The Bertz CT molecular complexity index is 1500. The van der Waals surface area contributed by atoms with Gasteiger partial charge < -0.3 is 15.0 Å². The van der Waals surface area contributed by atoms with Crippen LogP contribution in [0.15, 0.2) is 42.7 Å². The number of hydrogen-bond acceptors (Lipinski definition) is 9. The monoisotopic (exact) mass is 551 g/mol. The van der Waals surface area contributed by atoms with Gasteiger partial charge in [0.1, 0.15) is 11.6 Å². The van der Waals surface area contributed by atoms with Crippen molar-refractivity contribution in [2.45, 2.75) is 51.9 Å². The molecule has 0 spiro atoms. The third kappa shape index (κ3) is 6.12. The summed E-state index contributed by atoms with van der Waals surface area (Å²) in [4.78, 5) is 30.8. The van der Waals surface area contributed by atoms with Crippen LogP contribution in [0.3, 0.4) is 0 Å². The number of nitrogens with one attached hydrogen (secondary N) is 2. The first-order valence-corrected chi connectivity index (χ1v) is 14.7. The summed E-state index contributed by atoms with van der Waals surface area (Å²) in [6, 6.07) is 9.35. The van der Waals surface area contributed by atoms with Gasteiger partial charge in [0.2, 0.25) is 16.0 Å². The minimum atomic E-state index is -3.48. The van der Waals surface area contributed by atoms with Gasteiger partial charge in [0.25, 0.3) is 5.91 Å². The minimum Gasteiger partial charge on any atom is -0.496 e. The molecule has 1 fully saturated rings. The van der Waals surface area contributed by atoms with Crippen LogP contribution in [0.1, 0.15) is 46.9 Å². The van der Waals surface area contributed by atoms with E-state index in [9.17, 15) is 13.2 Å². The largest absolute Gasteiger partial charge is 0.496 e. The van der Waals surface area contributed by atoms with Gasteiger partial charge in [-0.1, -0.05) is 6.07 Å². The molecule has 0 unspecified atom stereocenters. The zero-order chi connectivity index (χ0) is 27.7. The molecule has 206 valence electrons. The Balaban J connectivity index is 1.21. The Kier molecular flexibility index (Phi) is 7.41. The van der Waals surface area contributed by atoms with Gasteiger partial charge in [-0.05, 0) is 50.5 Å². The maximum Gasteiger partial charge on any atom is 0.254 e. The van der Waals surface area contributed by atoms with Gasteiger partial charge in [-0.2, -0.15) is 0 Å². The number of rotatable bonds is 7. The Hall–Kier alpha value is -3.77. The first-order valence-electron chi connectivity index (χ1n) is 12.8. The van der Waals surface area contributed by atoms with Crippen molar-refractivity contribution in [3.05, 3.63) is 65.1 Å². The van der Waals surface area contributed by atoms with E-state index < -0.39 is 10.0 Å². The molecule has 39 heavy (non-hydrogen) atoms. The van der Waals surface area contributed by atoms with Crippen molar-refractivity contribution in [1.82, 2.24) is 24.8 Å². The number of likely N-dealkylation sites (tertiary alicyclic amines) is 1. The number of methoxy groups -OCH3 is 1. The fourth-order valence-corrected chi connectivity index (χ4v) is 5.77. The summed E-state index contributed by atoms with van der Waals surface area (Å²) in [6.07, 6.45) is 6.06. The number of benzene rings is 1. The number of aromatic nitrogens is 3. The van der Waals surface area contributed by atoms with E-state index in [1.165, 1.54) is 12.3 Å². The lowest BCUT2D eigenvalue weighted by molar-refractivity contribution is 0.0460. The van der Waals surface area contributed by atoms with Gasteiger partial charge in [0.15, 0.2) is 0 Å². The van der Waals surface area contributed by atoms with E-state index in [0.29, 0.717) is 24.1 Å². The number of amides is 1. The highest BCUT2D eigenvalue weighted by molar-refractivity contribution is 7.92. The average Bonchev–Trinajstić information content (AvgIpc) is 3.32. The van der Waals surface area contributed by atoms with E-state index in [4.69, 9.17) is 9.72 Å². The molecule has 2 aliphatic heterocycles. The van der Waals surface area contributed by atoms with Crippen LogP contribution in [0.4, 0.5) is 17.5 Å². The molecule has 11 nitrogen and oxygen atoms in total. The Morgan fingerprint density at radius 2 is 1.97 bits per heavy atom.